The molecule has 2 heterocycles. The van der Waals surface area contributed by atoms with Gasteiger partial charge >= 0.3 is 0 Å². The molecule has 0 saturated carbocycles. The largest absolute Gasteiger partial charge is 0.311 e. The second kappa shape index (κ2) is 3.39. The number of pyridine rings is 1. The standard InChI is InChI=1S/C10H13BrN2/c1-6-8-3-4-12-5-9(8)13-7(2)10(6)11/h12H,3-5H2,1-2H3. The molecule has 0 spiro atoms. The zero-order valence-electron chi connectivity index (χ0n) is 7.95. The molecule has 1 aromatic heterocycles. The normalized spacial score (nSPS) is 15.6. The zero-order chi connectivity index (χ0) is 9.42. The maximum atomic E-state index is 4.56. The molecule has 1 aliphatic rings. The van der Waals surface area contributed by atoms with Crippen LogP contribution in [0.1, 0.15) is 22.5 Å². The predicted molar refractivity (Wildman–Crippen MR) is 56.8 cm³/mol. The Labute approximate surface area is 86.9 Å². The first-order valence-electron chi connectivity index (χ1n) is 4.55. The molecular weight excluding hydrogens is 228 g/mol. The van der Waals surface area contributed by atoms with Crippen molar-refractivity contribution < 1.29 is 0 Å². The average Bonchev–Trinajstić information content (AvgIpc) is 2.15. The van der Waals surface area contributed by atoms with E-state index in [4.69, 9.17) is 0 Å². The molecule has 70 valence electrons. The summed E-state index contributed by atoms with van der Waals surface area (Å²) in [6, 6.07) is 0. The summed E-state index contributed by atoms with van der Waals surface area (Å²) in [5.74, 6) is 0. The van der Waals surface area contributed by atoms with Crippen molar-refractivity contribution in [2.75, 3.05) is 6.54 Å². The van der Waals surface area contributed by atoms with Gasteiger partial charge in [-0.05, 0) is 53.9 Å². The van der Waals surface area contributed by atoms with E-state index in [2.05, 4.69) is 33.2 Å². The van der Waals surface area contributed by atoms with Gasteiger partial charge in [-0.2, -0.15) is 0 Å². The maximum absolute atomic E-state index is 4.56. The van der Waals surface area contributed by atoms with Gasteiger partial charge in [0.05, 0.1) is 11.4 Å². The molecule has 13 heavy (non-hydrogen) atoms. The van der Waals surface area contributed by atoms with Crippen LogP contribution in [-0.4, -0.2) is 11.5 Å². The number of nitrogens with zero attached hydrogens (tertiary/aromatic N) is 1. The van der Waals surface area contributed by atoms with Crippen LogP contribution in [0.25, 0.3) is 0 Å². The molecule has 1 N–H and O–H groups in total. The molecular formula is C10H13BrN2. The van der Waals surface area contributed by atoms with E-state index in [1.165, 1.54) is 21.3 Å². The van der Waals surface area contributed by atoms with Crippen LogP contribution in [0.3, 0.4) is 0 Å². The number of hydrogen-bond donors (Lipinski definition) is 1. The molecule has 1 aliphatic heterocycles. The Morgan fingerprint density at radius 2 is 2.15 bits per heavy atom. The molecule has 0 bridgehead atoms. The van der Waals surface area contributed by atoms with Crippen LogP contribution in [-0.2, 0) is 13.0 Å². The minimum absolute atomic E-state index is 0.921. The van der Waals surface area contributed by atoms with E-state index >= 15 is 0 Å². The minimum atomic E-state index is 0.921. The van der Waals surface area contributed by atoms with Crippen molar-refractivity contribution in [1.29, 1.82) is 0 Å². The lowest BCUT2D eigenvalue weighted by atomic mass is 10.0. The van der Waals surface area contributed by atoms with Gasteiger partial charge in [-0.1, -0.05) is 0 Å². The van der Waals surface area contributed by atoms with Gasteiger partial charge in [0.15, 0.2) is 0 Å². The van der Waals surface area contributed by atoms with Crippen LogP contribution in [0.2, 0.25) is 0 Å². The van der Waals surface area contributed by atoms with Gasteiger partial charge in [0.25, 0.3) is 0 Å². The summed E-state index contributed by atoms with van der Waals surface area (Å²) in [5.41, 5.74) is 5.12. The van der Waals surface area contributed by atoms with Crippen molar-refractivity contribution in [2.24, 2.45) is 0 Å². The summed E-state index contributed by atoms with van der Waals surface area (Å²) in [7, 11) is 0. The molecule has 0 fully saturated rings. The molecule has 2 nitrogen and oxygen atoms in total. The zero-order valence-corrected chi connectivity index (χ0v) is 9.53. The number of hydrogen-bond acceptors (Lipinski definition) is 2. The number of nitrogens with one attached hydrogen (secondary N) is 1. The van der Waals surface area contributed by atoms with E-state index in [0.29, 0.717) is 0 Å². The van der Waals surface area contributed by atoms with Crippen molar-refractivity contribution in [3.05, 3.63) is 27.0 Å². The minimum Gasteiger partial charge on any atom is -0.311 e. The Balaban J connectivity index is 2.60. The number of aromatic nitrogens is 1. The average molecular weight is 241 g/mol. The fraction of sp³-hybridized carbons (Fsp3) is 0.500. The highest BCUT2D eigenvalue weighted by molar-refractivity contribution is 9.10. The molecule has 0 radical (unpaired) electrons. The summed E-state index contributed by atoms with van der Waals surface area (Å²) >= 11 is 3.58. The van der Waals surface area contributed by atoms with E-state index in [1.807, 2.05) is 6.92 Å². The number of aryl methyl sites for hydroxylation is 1. The molecule has 0 aromatic carbocycles. The van der Waals surface area contributed by atoms with Gasteiger partial charge in [-0.3, -0.25) is 4.98 Å². The third kappa shape index (κ3) is 1.51. The van der Waals surface area contributed by atoms with Crippen molar-refractivity contribution >= 4 is 15.9 Å². The quantitative estimate of drug-likeness (QED) is 0.752. The van der Waals surface area contributed by atoms with Crippen LogP contribution in [0.5, 0.6) is 0 Å². The highest BCUT2D eigenvalue weighted by atomic mass is 79.9. The van der Waals surface area contributed by atoms with Gasteiger partial charge in [0.1, 0.15) is 0 Å². The Bertz CT molecular complexity index is 347. The van der Waals surface area contributed by atoms with Crippen LogP contribution in [0, 0.1) is 13.8 Å². The first kappa shape index (κ1) is 9.16. The smallest absolute Gasteiger partial charge is 0.0580 e. The Hall–Kier alpha value is -0.410. The van der Waals surface area contributed by atoms with Crippen LogP contribution >= 0.6 is 15.9 Å². The first-order chi connectivity index (χ1) is 6.20. The lowest BCUT2D eigenvalue weighted by Gasteiger charge is -2.20. The molecule has 3 heteroatoms. The Morgan fingerprint density at radius 1 is 1.38 bits per heavy atom. The van der Waals surface area contributed by atoms with Crippen LogP contribution < -0.4 is 5.32 Å². The number of halogens is 1. The molecule has 0 unspecified atom stereocenters. The summed E-state index contributed by atoms with van der Waals surface area (Å²) in [4.78, 5) is 4.56. The molecule has 0 amide bonds. The van der Waals surface area contributed by atoms with Gasteiger partial charge < -0.3 is 5.32 Å². The van der Waals surface area contributed by atoms with Gasteiger partial charge in [0, 0.05) is 11.0 Å². The van der Waals surface area contributed by atoms with Crippen molar-refractivity contribution in [2.45, 2.75) is 26.8 Å². The molecule has 0 atom stereocenters. The van der Waals surface area contributed by atoms with Crippen molar-refractivity contribution in [3.63, 3.8) is 0 Å². The van der Waals surface area contributed by atoms with E-state index in [0.717, 1.165) is 25.2 Å². The summed E-state index contributed by atoms with van der Waals surface area (Å²) in [6.45, 7) is 6.21. The molecule has 1 aromatic rings. The fourth-order valence-corrected chi connectivity index (χ4v) is 2.17. The summed E-state index contributed by atoms with van der Waals surface area (Å²) < 4.78 is 1.17. The topological polar surface area (TPSA) is 24.9 Å². The highest BCUT2D eigenvalue weighted by Crippen LogP contribution is 2.26. The van der Waals surface area contributed by atoms with E-state index in [-0.39, 0.29) is 0 Å². The van der Waals surface area contributed by atoms with E-state index in [1.54, 1.807) is 0 Å². The Morgan fingerprint density at radius 3 is 2.92 bits per heavy atom. The second-order valence-electron chi connectivity index (χ2n) is 3.49. The van der Waals surface area contributed by atoms with E-state index < -0.39 is 0 Å². The van der Waals surface area contributed by atoms with Crippen LogP contribution in [0.4, 0.5) is 0 Å². The number of fused-ring (bicyclic) bond motifs is 1. The van der Waals surface area contributed by atoms with Gasteiger partial charge in [-0.25, -0.2) is 0 Å². The van der Waals surface area contributed by atoms with Gasteiger partial charge in [0.2, 0.25) is 0 Å². The summed E-state index contributed by atoms with van der Waals surface area (Å²) in [6.07, 6.45) is 1.10. The number of rotatable bonds is 0. The van der Waals surface area contributed by atoms with Gasteiger partial charge in [-0.15, -0.1) is 0 Å². The maximum Gasteiger partial charge on any atom is 0.0580 e. The Kier molecular flexibility index (Phi) is 2.39. The molecule has 0 saturated heterocycles. The molecule has 2 rings (SSSR count). The summed E-state index contributed by atoms with van der Waals surface area (Å²) in [5, 5.41) is 3.34. The SMILES string of the molecule is Cc1nc2c(c(C)c1Br)CCNC2. The van der Waals surface area contributed by atoms with E-state index in [9.17, 15) is 0 Å². The highest BCUT2D eigenvalue weighted by Gasteiger charge is 2.15. The fourth-order valence-electron chi connectivity index (χ4n) is 1.84. The monoisotopic (exact) mass is 240 g/mol. The predicted octanol–water partition coefficient (Wildman–Crippen LogP) is 2.11. The van der Waals surface area contributed by atoms with Crippen molar-refractivity contribution in [3.8, 4) is 0 Å². The second-order valence-corrected chi connectivity index (χ2v) is 4.28. The third-order valence-electron chi connectivity index (χ3n) is 2.59. The third-order valence-corrected chi connectivity index (χ3v) is 3.76. The lowest BCUT2D eigenvalue weighted by Crippen LogP contribution is -2.26. The van der Waals surface area contributed by atoms with Crippen LogP contribution in [0.15, 0.2) is 4.47 Å². The first-order valence-corrected chi connectivity index (χ1v) is 5.34. The lowest BCUT2D eigenvalue weighted by molar-refractivity contribution is 0.621. The molecule has 0 aliphatic carbocycles. The van der Waals surface area contributed by atoms with Crippen molar-refractivity contribution in [1.82, 2.24) is 10.3 Å².